The third kappa shape index (κ3) is 26.8. The Bertz CT molecular complexity index is 450. The Labute approximate surface area is 233 Å². The van der Waals surface area contributed by atoms with Crippen LogP contribution in [0.2, 0.25) is 0 Å². The fraction of sp³-hybridized carbons (Fsp3) is 0.971. The van der Waals surface area contributed by atoms with E-state index in [4.69, 9.17) is 0 Å². The van der Waals surface area contributed by atoms with Crippen LogP contribution in [0.3, 0.4) is 0 Å². The molecule has 0 saturated heterocycles. The lowest BCUT2D eigenvalue weighted by atomic mass is 9.91. The Morgan fingerprint density at radius 3 is 0.946 bits per heavy atom. The van der Waals surface area contributed by atoms with Gasteiger partial charge in [0.15, 0.2) is 0 Å². The minimum atomic E-state index is -0.808. The molecule has 0 aromatic carbocycles. The van der Waals surface area contributed by atoms with Crippen molar-refractivity contribution >= 4 is 5.97 Å². The van der Waals surface area contributed by atoms with Gasteiger partial charge < -0.3 is 10.2 Å². The van der Waals surface area contributed by atoms with Gasteiger partial charge in [-0.15, -0.1) is 0 Å². The van der Waals surface area contributed by atoms with E-state index in [1.807, 2.05) is 0 Å². The van der Waals surface area contributed by atoms with Crippen molar-refractivity contribution in [3.05, 3.63) is 0 Å². The Hall–Kier alpha value is -0.570. The topological polar surface area (TPSA) is 57.5 Å². The first kappa shape index (κ1) is 36.4. The summed E-state index contributed by atoms with van der Waals surface area (Å²) in [7, 11) is 0. The Kier molecular flexibility index (Phi) is 29.5. The number of carboxylic acids is 1. The summed E-state index contributed by atoms with van der Waals surface area (Å²) in [6.45, 7) is 4.54. The van der Waals surface area contributed by atoms with Crippen LogP contribution in [0.15, 0.2) is 0 Å². The van der Waals surface area contributed by atoms with Gasteiger partial charge in [0, 0.05) is 0 Å². The summed E-state index contributed by atoms with van der Waals surface area (Å²) < 4.78 is 0. The molecule has 0 bridgehead atoms. The fourth-order valence-electron chi connectivity index (χ4n) is 5.61. The number of hydrogen-bond donors (Lipinski definition) is 2. The predicted octanol–water partition coefficient (Wildman–Crippen LogP) is 11.4. The molecule has 0 saturated carbocycles. The molecule has 0 spiro atoms. The van der Waals surface area contributed by atoms with Gasteiger partial charge in [0.1, 0.15) is 0 Å². The number of hydrogen-bond acceptors (Lipinski definition) is 2. The van der Waals surface area contributed by atoms with Gasteiger partial charge in [-0.2, -0.15) is 0 Å². The molecule has 2 N–H and O–H groups in total. The average molecular weight is 525 g/mol. The summed E-state index contributed by atoms with van der Waals surface area (Å²) in [5.74, 6) is -1.38. The summed E-state index contributed by atoms with van der Waals surface area (Å²) >= 11 is 0. The van der Waals surface area contributed by atoms with Crippen molar-refractivity contribution in [3.63, 3.8) is 0 Å². The monoisotopic (exact) mass is 525 g/mol. The van der Waals surface area contributed by atoms with E-state index in [1.54, 1.807) is 0 Å². The molecule has 0 aromatic heterocycles. The standard InChI is InChI=1S/C34H68O3/c1-3-5-7-9-11-13-15-17-19-20-22-24-26-28-30-32(34(36)37)33(35)31-29-27-25-23-21-18-16-14-12-10-8-6-4-2/h32-33,35H,3-31H2,1-2H3,(H,36,37). The lowest BCUT2D eigenvalue weighted by Crippen LogP contribution is -2.28. The van der Waals surface area contributed by atoms with Gasteiger partial charge in [-0.1, -0.05) is 187 Å². The van der Waals surface area contributed by atoms with E-state index in [0.717, 1.165) is 25.7 Å². The lowest BCUT2D eigenvalue weighted by molar-refractivity contribution is -0.146. The Balaban J connectivity index is 3.54. The minimum absolute atomic E-state index is 0.574. The number of aliphatic hydroxyl groups is 1. The van der Waals surface area contributed by atoms with Gasteiger partial charge in [0.05, 0.1) is 12.0 Å². The largest absolute Gasteiger partial charge is 0.481 e. The van der Waals surface area contributed by atoms with E-state index in [0.29, 0.717) is 12.8 Å². The van der Waals surface area contributed by atoms with Crippen molar-refractivity contribution in [2.24, 2.45) is 5.92 Å². The molecule has 0 aromatic rings. The molecule has 0 aliphatic rings. The van der Waals surface area contributed by atoms with Crippen LogP contribution in [0.25, 0.3) is 0 Å². The molecule has 0 radical (unpaired) electrons. The SMILES string of the molecule is CCCCCCCCCCCCCCCCC(C(=O)O)C(O)CCCCCCCCCCCCCCC. The molecule has 0 amide bonds. The zero-order valence-electron chi connectivity index (χ0n) is 25.5. The van der Waals surface area contributed by atoms with Crippen LogP contribution in [0.1, 0.15) is 200 Å². The van der Waals surface area contributed by atoms with Crippen LogP contribution in [0, 0.1) is 5.92 Å². The molecule has 2 atom stereocenters. The van der Waals surface area contributed by atoms with Gasteiger partial charge >= 0.3 is 5.97 Å². The van der Waals surface area contributed by atoms with Gasteiger partial charge in [-0.25, -0.2) is 0 Å². The second-order valence-electron chi connectivity index (χ2n) is 11.9. The smallest absolute Gasteiger partial charge is 0.309 e. The number of aliphatic carboxylic acids is 1. The second kappa shape index (κ2) is 30.0. The van der Waals surface area contributed by atoms with Gasteiger partial charge in [0.2, 0.25) is 0 Å². The molecule has 0 heterocycles. The second-order valence-corrected chi connectivity index (χ2v) is 11.9. The van der Waals surface area contributed by atoms with Crippen molar-refractivity contribution < 1.29 is 15.0 Å². The van der Waals surface area contributed by atoms with Gasteiger partial charge in [-0.05, 0) is 12.8 Å². The maximum Gasteiger partial charge on any atom is 0.309 e. The molecule has 3 nitrogen and oxygen atoms in total. The summed E-state index contributed by atoms with van der Waals surface area (Å²) in [5, 5.41) is 20.1. The quantitative estimate of drug-likeness (QED) is 0.0886. The van der Waals surface area contributed by atoms with Crippen molar-refractivity contribution in [1.29, 1.82) is 0 Å². The predicted molar refractivity (Wildman–Crippen MR) is 162 cm³/mol. The number of carboxylic acid groups (broad SMARTS) is 1. The first-order valence-electron chi connectivity index (χ1n) is 17.0. The van der Waals surface area contributed by atoms with E-state index in [1.165, 1.54) is 148 Å². The minimum Gasteiger partial charge on any atom is -0.481 e. The Morgan fingerprint density at radius 1 is 0.432 bits per heavy atom. The van der Waals surface area contributed by atoms with Crippen molar-refractivity contribution in [1.82, 2.24) is 0 Å². The maximum absolute atomic E-state index is 11.7. The highest BCUT2D eigenvalue weighted by atomic mass is 16.4. The summed E-state index contributed by atoms with van der Waals surface area (Å²) in [6.07, 6.45) is 35.9. The van der Waals surface area contributed by atoms with Crippen LogP contribution >= 0.6 is 0 Å². The molecular weight excluding hydrogens is 456 g/mol. The number of rotatable bonds is 31. The van der Waals surface area contributed by atoms with Crippen LogP contribution in [-0.4, -0.2) is 22.3 Å². The third-order valence-corrected chi connectivity index (χ3v) is 8.25. The summed E-state index contributed by atoms with van der Waals surface area (Å²) in [4.78, 5) is 11.7. The highest BCUT2D eigenvalue weighted by Gasteiger charge is 2.25. The molecule has 37 heavy (non-hydrogen) atoms. The highest BCUT2D eigenvalue weighted by molar-refractivity contribution is 5.70. The summed E-state index contributed by atoms with van der Waals surface area (Å²) in [5.41, 5.74) is 0. The highest BCUT2D eigenvalue weighted by Crippen LogP contribution is 2.21. The third-order valence-electron chi connectivity index (χ3n) is 8.25. The van der Waals surface area contributed by atoms with Crippen LogP contribution < -0.4 is 0 Å². The van der Waals surface area contributed by atoms with E-state index in [2.05, 4.69) is 13.8 Å². The van der Waals surface area contributed by atoms with Crippen LogP contribution in [0.5, 0.6) is 0 Å². The van der Waals surface area contributed by atoms with Gasteiger partial charge in [-0.3, -0.25) is 4.79 Å². The van der Waals surface area contributed by atoms with Gasteiger partial charge in [0.25, 0.3) is 0 Å². The molecule has 0 fully saturated rings. The van der Waals surface area contributed by atoms with E-state index >= 15 is 0 Å². The zero-order chi connectivity index (χ0) is 27.2. The van der Waals surface area contributed by atoms with E-state index in [9.17, 15) is 15.0 Å². The fourth-order valence-corrected chi connectivity index (χ4v) is 5.61. The van der Waals surface area contributed by atoms with E-state index in [-0.39, 0.29) is 0 Å². The molecule has 3 heteroatoms. The number of unbranched alkanes of at least 4 members (excludes halogenated alkanes) is 25. The first-order valence-corrected chi connectivity index (χ1v) is 17.0. The number of aliphatic hydroxyl groups excluding tert-OH is 1. The van der Waals surface area contributed by atoms with Crippen LogP contribution in [0.4, 0.5) is 0 Å². The average Bonchev–Trinajstić information content (AvgIpc) is 2.88. The zero-order valence-corrected chi connectivity index (χ0v) is 25.5. The lowest BCUT2D eigenvalue weighted by Gasteiger charge is -2.19. The van der Waals surface area contributed by atoms with Crippen molar-refractivity contribution in [3.8, 4) is 0 Å². The van der Waals surface area contributed by atoms with Crippen molar-refractivity contribution in [2.75, 3.05) is 0 Å². The molecule has 0 rings (SSSR count). The Morgan fingerprint density at radius 2 is 0.676 bits per heavy atom. The molecule has 0 aliphatic heterocycles. The normalized spacial score (nSPS) is 13.2. The van der Waals surface area contributed by atoms with E-state index < -0.39 is 18.0 Å². The molecule has 222 valence electrons. The number of carbonyl (C=O) groups is 1. The molecule has 0 aliphatic carbocycles. The maximum atomic E-state index is 11.7. The van der Waals surface area contributed by atoms with Crippen LogP contribution in [-0.2, 0) is 4.79 Å². The molecular formula is C34H68O3. The van der Waals surface area contributed by atoms with Crippen molar-refractivity contribution in [2.45, 2.75) is 206 Å². The first-order chi connectivity index (χ1) is 18.1. The summed E-state index contributed by atoms with van der Waals surface area (Å²) in [6, 6.07) is 0. The molecule has 2 unspecified atom stereocenters.